The zero-order valence-corrected chi connectivity index (χ0v) is 15.6. The smallest absolute Gasteiger partial charge is 0.161 e. The third kappa shape index (κ3) is 4.15. The van der Waals surface area contributed by atoms with Gasteiger partial charge in [-0.1, -0.05) is 11.6 Å². The fraction of sp³-hybridized carbons (Fsp3) is 0.550. The molecule has 0 aliphatic heterocycles. The van der Waals surface area contributed by atoms with E-state index in [4.69, 9.17) is 14.0 Å². The molecule has 0 radical (unpaired) electrons. The SMILES string of the molecule is COc1cc(C)c(CN[C@@H]2CCC[C@H]2Cc2cc(C)no2)cc1OC. The van der Waals surface area contributed by atoms with Gasteiger partial charge < -0.3 is 19.3 Å². The maximum Gasteiger partial charge on any atom is 0.161 e. The predicted molar refractivity (Wildman–Crippen MR) is 97.2 cm³/mol. The van der Waals surface area contributed by atoms with Crippen LogP contribution in [-0.2, 0) is 13.0 Å². The minimum atomic E-state index is 0.512. The van der Waals surface area contributed by atoms with Crippen LogP contribution in [0.5, 0.6) is 11.5 Å². The van der Waals surface area contributed by atoms with E-state index < -0.39 is 0 Å². The summed E-state index contributed by atoms with van der Waals surface area (Å²) >= 11 is 0. The summed E-state index contributed by atoms with van der Waals surface area (Å²) in [4.78, 5) is 0. The zero-order chi connectivity index (χ0) is 17.8. The molecule has 25 heavy (non-hydrogen) atoms. The quantitative estimate of drug-likeness (QED) is 0.828. The van der Waals surface area contributed by atoms with E-state index in [9.17, 15) is 0 Å². The van der Waals surface area contributed by atoms with Gasteiger partial charge in [-0.25, -0.2) is 0 Å². The van der Waals surface area contributed by atoms with Crippen molar-refractivity contribution in [1.29, 1.82) is 0 Å². The molecule has 2 atom stereocenters. The van der Waals surface area contributed by atoms with Gasteiger partial charge in [0.15, 0.2) is 11.5 Å². The van der Waals surface area contributed by atoms with E-state index in [1.54, 1.807) is 14.2 Å². The van der Waals surface area contributed by atoms with Gasteiger partial charge in [0.2, 0.25) is 0 Å². The van der Waals surface area contributed by atoms with Gasteiger partial charge in [-0.05, 0) is 55.9 Å². The minimum Gasteiger partial charge on any atom is -0.493 e. The summed E-state index contributed by atoms with van der Waals surface area (Å²) in [7, 11) is 3.35. The molecule has 0 spiro atoms. The topological polar surface area (TPSA) is 56.5 Å². The molecule has 1 N–H and O–H groups in total. The summed E-state index contributed by atoms with van der Waals surface area (Å²) in [5.74, 6) is 3.17. The first-order valence-electron chi connectivity index (χ1n) is 8.97. The molecule has 0 unspecified atom stereocenters. The van der Waals surface area contributed by atoms with Crippen LogP contribution >= 0.6 is 0 Å². The van der Waals surface area contributed by atoms with Crippen molar-refractivity contribution in [1.82, 2.24) is 10.5 Å². The Balaban J connectivity index is 1.64. The normalized spacial score (nSPS) is 20.0. The van der Waals surface area contributed by atoms with E-state index in [-0.39, 0.29) is 0 Å². The molecular formula is C20H28N2O3. The summed E-state index contributed by atoms with van der Waals surface area (Å²) in [5.41, 5.74) is 3.42. The Hall–Kier alpha value is -2.01. The molecule has 1 fully saturated rings. The number of benzene rings is 1. The molecule has 1 aliphatic carbocycles. The zero-order valence-electron chi connectivity index (χ0n) is 15.6. The Labute approximate surface area is 149 Å². The van der Waals surface area contributed by atoms with Crippen LogP contribution in [0.25, 0.3) is 0 Å². The summed E-state index contributed by atoms with van der Waals surface area (Å²) in [6.45, 7) is 4.92. The summed E-state index contributed by atoms with van der Waals surface area (Å²) in [5, 5.41) is 7.75. The first-order valence-corrected chi connectivity index (χ1v) is 8.97. The summed E-state index contributed by atoms with van der Waals surface area (Å²) in [6.07, 6.45) is 4.68. The van der Waals surface area contributed by atoms with Crippen molar-refractivity contribution in [3.63, 3.8) is 0 Å². The number of aryl methyl sites for hydroxylation is 2. The van der Waals surface area contributed by atoms with Gasteiger partial charge in [0.25, 0.3) is 0 Å². The molecule has 2 aromatic rings. The highest BCUT2D eigenvalue weighted by atomic mass is 16.5. The Morgan fingerprint density at radius 2 is 1.88 bits per heavy atom. The van der Waals surface area contributed by atoms with Gasteiger partial charge in [0, 0.05) is 25.1 Å². The highest BCUT2D eigenvalue weighted by Gasteiger charge is 2.28. The van der Waals surface area contributed by atoms with Crippen LogP contribution in [0, 0.1) is 19.8 Å². The van der Waals surface area contributed by atoms with E-state index >= 15 is 0 Å². The third-order valence-electron chi connectivity index (χ3n) is 5.20. The average Bonchev–Trinajstić information content (AvgIpc) is 3.22. The van der Waals surface area contributed by atoms with Gasteiger partial charge in [0.1, 0.15) is 5.76 Å². The summed E-state index contributed by atoms with van der Waals surface area (Å²) in [6, 6.07) is 6.68. The maximum atomic E-state index is 5.43. The lowest BCUT2D eigenvalue weighted by Gasteiger charge is -2.21. The Bertz CT molecular complexity index is 711. The van der Waals surface area contributed by atoms with Gasteiger partial charge >= 0.3 is 0 Å². The molecule has 136 valence electrons. The van der Waals surface area contributed by atoms with Crippen molar-refractivity contribution in [3.8, 4) is 11.5 Å². The number of aromatic nitrogens is 1. The first kappa shape index (κ1) is 17.8. The first-order chi connectivity index (χ1) is 12.1. The predicted octanol–water partition coefficient (Wildman–Crippen LogP) is 3.81. The molecule has 1 aromatic heterocycles. The van der Waals surface area contributed by atoms with Crippen molar-refractivity contribution >= 4 is 0 Å². The van der Waals surface area contributed by atoms with Crippen molar-refractivity contribution in [2.45, 2.75) is 52.1 Å². The van der Waals surface area contributed by atoms with Crippen molar-refractivity contribution < 1.29 is 14.0 Å². The maximum absolute atomic E-state index is 5.43. The fourth-order valence-electron chi connectivity index (χ4n) is 3.78. The lowest BCUT2D eigenvalue weighted by molar-refractivity contribution is 0.328. The monoisotopic (exact) mass is 344 g/mol. The largest absolute Gasteiger partial charge is 0.493 e. The van der Waals surface area contributed by atoms with Crippen LogP contribution < -0.4 is 14.8 Å². The molecule has 1 aliphatic rings. The van der Waals surface area contributed by atoms with Crippen LogP contribution in [-0.4, -0.2) is 25.4 Å². The summed E-state index contributed by atoms with van der Waals surface area (Å²) < 4.78 is 16.2. The van der Waals surface area contributed by atoms with Crippen LogP contribution in [0.4, 0.5) is 0 Å². The minimum absolute atomic E-state index is 0.512. The number of hydrogen-bond donors (Lipinski definition) is 1. The van der Waals surface area contributed by atoms with Crippen LogP contribution in [0.2, 0.25) is 0 Å². The molecular weight excluding hydrogens is 316 g/mol. The average molecular weight is 344 g/mol. The second-order valence-electron chi connectivity index (χ2n) is 6.95. The number of nitrogens with zero attached hydrogens (tertiary/aromatic N) is 1. The number of methoxy groups -OCH3 is 2. The van der Waals surface area contributed by atoms with Crippen molar-refractivity contribution in [2.75, 3.05) is 14.2 Å². The van der Waals surface area contributed by atoms with E-state index in [0.29, 0.717) is 12.0 Å². The molecule has 0 bridgehead atoms. The van der Waals surface area contributed by atoms with Gasteiger partial charge in [0.05, 0.1) is 19.9 Å². The van der Waals surface area contributed by atoms with Crippen molar-refractivity contribution in [2.24, 2.45) is 5.92 Å². The Kier molecular flexibility index (Phi) is 5.63. The number of rotatable bonds is 7. The molecule has 0 saturated heterocycles. The molecule has 5 heteroatoms. The van der Waals surface area contributed by atoms with E-state index in [1.807, 2.05) is 19.1 Å². The van der Waals surface area contributed by atoms with Gasteiger partial charge in [-0.2, -0.15) is 0 Å². The second-order valence-corrected chi connectivity index (χ2v) is 6.95. The third-order valence-corrected chi connectivity index (χ3v) is 5.20. The molecule has 1 aromatic carbocycles. The van der Waals surface area contributed by atoms with Gasteiger partial charge in [-0.15, -0.1) is 0 Å². The van der Waals surface area contributed by atoms with Crippen molar-refractivity contribution in [3.05, 3.63) is 40.8 Å². The lowest BCUT2D eigenvalue weighted by atomic mass is 9.97. The fourth-order valence-corrected chi connectivity index (χ4v) is 3.78. The second kappa shape index (κ2) is 7.91. The molecule has 1 heterocycles. The number of ether oxygens (including phenoxy) is 2. The molecule has 3 rings (SSSR count). The van der Waals surface area contributed by atoms with Crippen LogP contribution in [0.3, 0.4) is 0 Å². The Morgan fingerprint density at radius 1 is 1.12 bits per heavy atom. The van der Waals surface area contributed by atoms with Crippen LogP contribution in [0.15, 0.2) is 22.7 Å². The van der Waals surface area contributed by atoms with E-state index in [2.05, 4.69) is 23.5 Å². The highest BCUT2D eigenvalue weighted by molar-refractivity contribution is 5.47. The standard InChI is InChI=1S/C20H28N2O3/c1-13-8-19(23-3)20(24-4)11-16(13)12-21-18-7-5-6-15(18)10-17-9-14(2)22-25-17/h8-9,11,15,18,21H,5-7,10,12H2,1-4H3/t15-,18+/m0/s1. The number of hydrogen-bond acceptors (Lipinski definition) is 5. The number of nitrogens with one attached hydrogen (secondary N) is 1. The van der Waals surface area contributed by atoms with E-state index in [0.717, 1.165) is 35.9 Å². The lowest BCUT2D eigenvalue weighted by Crippen LogP contribution is -2.33. The molecule has 1 saturated carbocycles. The molecule has 0 amide bonds. The highest BCUT2D eigenvalue weighted by Crippen LogP contribution is 2.32. The molecule has 5 nitrogen and oxygen atoms in total. The van der Waals surface area contributed by atoms with Crippen LogP contribution in [0.1, 0.15) is 41.8 Å². The van der Waals surface area contributed by atoms with E-state index in [1.165, 1.54) is 30.4 Å². The van der Waals surface area contributed by atoms with Gasteiger partial charge in [-0.3, -0.25) is 0 Å². The Morgan fingerprint density at radius 3 is 2.56 bits per heavy atom.